The molecule has 2 aliphatic heterocycles. The van der Waals surface area contributed by atoms with Crippen molar-refractivity contribution >= 4 is 17.3 Å². The molecule has 2 aromatic rings. The van der Waals surface area contributed by atoms with E-state index in [1.54, 1.807) is 0 Å². The fourth-order valence-corrected chi connectivity index (χ4v) is 5.34. The Kier molecular flexibility index (Phi) is 8.02. The Labute approximate surface area is 189 Å². The lowest BCUT2D eigenvalue weighted by Crippen LogP contribution is -2.47. The molecule has 2 fully saturated rings. The van der Waals surface area contributed by atoms with Gasteiger partial charge < -0.3 is 19.8 Å². The van der Waals surface area contributed by atoms with E-state index in [9.17, 15) is 0 Å². The number of nitrogens with one attached hydrogen (secondary N) is 2. The predicted octanol–water partition coefficient (Wildman–Crippen LogP) is 3.02. The van der Waals surface area contributed by atoms with Crippen LogP contribution in [0.1, 0.15) is 41.3 Å². The van der Waals surface area contributed by atoms with Crippen LogP contribution in [0.2, 0.25) is 0 Å². The average Bonchev–Trinajstić information content (AvgIpc) is 3.57. The van der Waals surface area contributed by atoms with Gasteiger partial charge in [0.05, 0.1) is 25.3 Å². The third-order valence-corrected chi connectivity index (χ3v) is 7.15. The average molecular weight is 446 g/mol. The van der Waals surface area contributed by atoms with E-state index in [-0.39, 0.29) is 6.04 Å². The first-order valence-electron chi connectivity index (χ1n) is 11.3. The van der Waals surface area contributed by atoms with E-state index in [4.69, 9.17) is 9.15 Å². The zero-order valence-corrected chi connectivity index (χ0v) is 19.5. The smallest absolute Gasteiger partial charge is 0.191 e. The molecule has 2 N–H and O–H groups in total. The number of thiophene rings is 1. The molecule has 8 heteroatoms. The van der Waals surface area contributed by atoms with Crippen LogP contribution in [0, 0.1) is 6.92 Å². The number of guanidine groups is 1. The van der Waals surface area contributed by atoms with Gasteiger partial charge in [0.1, 0.15) is 11.5 Å². The van der Waals surface area contributed by atoms with Gasteiger partial charge in [0.25, 0.3) is 0 Å². The van der Waals surface area contributed by atoms with Crippen LogP contribution in [-0.4, -0.2) is 75.3 Å². The van der Waals surface area contributed by atoms with Crippen molar-refractivity contribution in [2.24, 2.45) is 4.99 Å². The summed E-state index contributed by atoms with van der Waals surface area (Å²) in [5, 5.41) is 9.28. The van der Waals surface area contributed by atoms with Crippen molar-refractivity contribution in [2.75, 3.05) is 59.5 Å². The molecule has 0 amide bonds. The van der Waals surface area contributed by atoms with Crippen LogP contribution in [0.25, 0.3) is 0 Å². The monoisotopic (exact) mass is 445 g/mol. The van der Waals surface area contributed by atoms with E-state index in [0.29, 0.717) is 6.04 Å². The van der Waals surface area contributed by atoms with E-state index < -0.39 is 0 Å². The fourth-order valence-electron chi connectivity index (χ4n) is 4.48. The van der Waals surface area contributed by atoms with Crippen molar-refractivity contribution in [3.05, 3.63) is 46.0 Å². The Bertz CT molecular complexity index is 810. The maximum atomic E-state index is 5.99. The zero-order chi connectivity index (χ0) is 21.5. The molecule has 0 saturated carbocycles. The van der Waals surface area contributed by atoms with Crippen LogP contribution in [0.3, 0.4) is 0 Å². The lowest BCUT2D eigenvalue weighted by molar-refractivity contribution is 0.0177. The summed E-state index contributed by atoms with van der Waals surface area (Å²) in [5.74, 6) is 2.83. The van der Waals surface area contributed by atoms with Crippen LogP contribution in [0.5, 0.6) is 0 Å². The molecule has 31 heavy (non-hydrogen) atoms. The first kappa shape index (κ1) is 22.3. The summed E-state index contributed by atoms with van der Waals surface area (Å²) in [7, 11) is 1.84. The lowest BCUT2D eigenvalue weighted by Gasteiger charge is -2.34. The highest BCUT2D eigenvalue weighted by Crippen LogP contribution is 2.27. The molecule has 2 aromatic heterocycles. The number of ether oxygens (including phenoxy) is 1. The summed E-state index contributed by atoms with van der Waals surface area (Å²) in [6.07, 6.45) is 2.51. The molecule has 0 aliphatic carbocycles. The Morgan fingerprint density at radius 3 is 2.35 bits per heavy atom. The minimum atomic E-state index is 0.224. The molecule has 2 atom stereocenters. The minimum Gasteiger partial charge on any atom is -0.465 e. The molecular formula is C23H35N5O2S. The third-order valence-electron chi connectivity index (χ3n) is 6.18. The summed E-state index contributed by atoms with van der Waals surface area (Å²) in [6, 6.07) is 9.07. The van der Waals surface area contributed by atoms with Crippen LogP contribution < -0.4 is 10.6 Å². The number of hydrogen-bond acceptors (Lipinski definition) is 6. The molecular weight excluding hydrogens is 410 g/mol. The van der Waals surface area contributed by atoms with Gasteiger partial charge in [-0.25, -0.2) is 0 Å². The van der Waals surface area contributed by atoms with Crippen LogP contribution >= 0.6 is 11.3 Å². The molecule has 0 bridgehead atoms. The summed E-state index contributed by atoms with van der Waals surface area (Å²) >= 11 is 1.82. The zero-order valence-electron chi connectivity index (χ0n) is 18.7. The molecule has 2 unspecified atom stereocenters. The summed E-state index contributed by atoms with van der Waals surface area (Å²) < 4.78 is 11.6. The van der Waals surface area contributed by atoms with Crippen molar-refractivity contribution in [2.45, 2.75) is 31.8 Å². The van der Waals surface area contributed by atoms with Crippen molar-refractivity contribution in [3.8, 4) is 0 Å². The molecule has 4 rings (SSSR count). The topological polar surface area (TPSA) is 65.3 Å². The second kappa shape index (κ2) is 11.1. The molecule has 2 aliphatic rings. The SMILES string of the molecule is CN=C(NCC(c1ccc(C)o1)N1CCCC1)NCC(c1cccs1)N1CCOCC1. The number of nitrogens with zero attached hydrogens (tertiary/aromatic N) is 3. The number of aliphatic imine (C=N–C) groups is 1. The number of hydrogen-bond donors (Lipinski definition) is 2. The maximum Gasteiger partial charge on any atom is 0.191 e. The lowest BCUT2D eigenvalue weighted by atomic mass is 10.2. The van der Waals surface area contributed by atoms with Gasteiger partial charge >= 0.3 is 0 Å². The Balaban J connectivity index is 1.37. The second-order valence-corrected chi connectivity index (χ2v) is 9.20. The highest BCUT2D eigenvalue weighted by Gasteiger charge is 2.27. The number of likely N-dealkylation sites (tertiary alicyclic amines) is 1. The number of furan rings is 1. The Morgan fingerprint density at radius 1 is 1.03 bits per heavy atom. The highest BCUT2D eigenvalue weighted by molar-refractivity contribution is 7.10. The van der Waals surface area contributed by atoms with Crippen molar-refractivity contribution < 1.29 is 9.15 Å². The molecule has 0 spiro atoms. The minimum absolute atomic E-state index is 0.224. The molecule has 7 nitrogen and oxygen atoms in total. The fraction of sp³-hybridized carbons (Fsp3) is 0.609. The number of rotatable bonds is 8. The predicted molar refractivity (Wildman–Crippen MR) is 126 cm³/mol. The second-order valence-electron chi connectivity index (χ2n) is 8.22. The van der Waals surface area contributed by atoms with Gasteiger partial charge in [-0.2, -0.15) is 0 Å². The van der Waals surface area contributed by atoms with E-state index >= 15 is 0 Å². The Hall–Kier alpha value is -1.87. The normalized spacial score (nSPS) is 20.6. The van der Waals surface area contributed by atoms with Gasteiger partial charge in [-0.05, 0) is 56.4 Å². The van der Waals surface area contributed by atoms with Gasteiger partial charge in [0, 0.05) is 38.1 Å². The van der Waals surface area contributed by atoms with Crippen LogP contribution in [0.15, 0.2) is 39.1 Å². The van der Waals surface area contributed by atoms with Crippen molar-refractivity contribution in [1.82, 2.24) is 20.4 Å². The summed E-state index contributed by atoms with van der Waals surface area (Å²) in [6.45, 7) is 9.36. The van der Waals surface area contributed by atoms with Crippen LogP contribution in [-0.2, 0) is 4.74 Å². The molecule has 0 radical (unpaired) electrons. The quantitative estimate of drug-likeness (QED) is 0.481. The van der Waals surface area contributed by atoms with E-state index in [0.717, 1.165) is 70.0 Å². The van der Waals surface area contributed by atoms with Gasteiger partial charge in [-0.3, -0.25) is 14.8 Å². The van der Waals surface area contributed by atoms with E-state index in [1.165, 1.54) is 17.7 Å². The summed E-state index contributed by atoms with van der Waals surface area (Å²) in [5.41, 5.74) is 0. The molecule has 0 aromatic carbocycles. The first-order valence-corrected chi connectivity index (χ1v) is 12.2. The number of morpholine rings is 1. The van der Waals surface area contributed by atoms with Crippen LogP contribution in [0.4, 0.5) is 0 Å². The molecule has 2 saturated heterocycles. The molecule has 4 heterocycles. The maximum absolute atomic E-state index is 5.99. The van der Waals surface area contributed by atoms with Crippen molar-refractivity contribution in [3.63, 3.8) is 0 Å². The third kappa shape index (κ3) is 5.88. The molecule has 170 valence electrons. The van der Waals surface area contributed by atoms with Gasteiger partial charge in [-0.15, -0.1) is 11.3 Å². The van der Waals surface area contributed by atoms with Crippen molar-refractivity contribution in [1.29, 1.82) is 0 Å². The van der Waals surface area contributed by atoms with Gasteiger partial charge in [-0.1, -0.05) is 6.07 Å². The summed E-state index contributed by atoms with van der Waals surface area (Å²) in [4.78, 5) is 10.9. The largest absolute Gasteiger partial charge is 0.465 e. The first-order chi connectivity index (χ1) is 15.2. The van der Waals surface area contributed by atoms with E-state index in [2.05, 4.69) is 55.1 Å². The van der Waals surface area contributed by atoms with Gasteiger partial charge in [0.2, 0.25) is 0 Å². The standard InChI is InChI=1S/C23H35N5O2S/c1-18-7-8-21(30-18)19(27-9-3-4-10-27)16-25-23(24-2)26-17-20(22-6-5-15-31-22)28-11-13-29-14-12-28/h5-8,15,19-20H,3-4,9-14,16-17H2,1-2H3,(H2,24,25,26). The highest BCUT2D eigenvalue weighted by atomic mass is 32.1. The van der Waals surface area contributed by atoms with E-state index in [1.807, 2.05) is 25.3 Å². The number of aryl methyl sites for hydroxylation is 1. The van der Waals surface area contributed by atoms with Gasteiger partial charge in [0.15, 0.2) is 5.96 Å². The Morgan fingerprint density at radius 2 is 1.74 bits per heavy atom.